The topological polar surface area (TPSA) is 46.1 Å². The first-order valence-corrected chi connectivity index (χ1v) is 7.93. The van der Waals surface area contributed by atoms with Crippen molar-refractivity contribution >= 4 is 40.7 Å². The molecule has 0 bridgehead atoms. The van der Waals surface area contributed by atoms with Crippen LogP contribution >= 0.6 is 24.0 Å². The summed E-state index contributed by atoms with van der Waals surface area (Å²) in [6.45, 7) is 5.79. The first-order chi connectivity index (χ1) is 11.2. The Morgan fingerprint density at radius 3 is 2.46 bits per heavy atom. The van der Waals surface area contributed by atoms with Gasteiger partial charge >= 0.3 is 0 Å². The van der Waals surface area contributed by atoms with Crippen LogP contribution in [-0.4, -0.2) is 44.7 Å². The van der Waals surface area contributed by atoms with Crippen LogP contribution in [0.4, 0.5) is 0 Å². The third-order valence-corrected chi connectivity index (χ3v) is 4.17. The monoisotopic (exact) mass is 441 g/mol. The molecule has 2 aromatic rings. The number of aliphatic imine (C=N–C) groups is 1. The summed E-state index contributed by atoms with van der Waals surface area (Å²) in [4.78, 5) is 6.77. The average molecular weight is 441 g/mol. The van der Waals surface area contributed by atoms with Crippen LogP contribution in [0.2, 0.25) is 0 Å². The maximum absolute atomic E-state index is 5.39. The van der Waals surface area contributed by atoms with Gasteiger partial charge in [0.15, 0.2) is 17.5 Å². The number of hydrogen-bond acceptors (Lipinski definition) is 5. The molecular weight excluding hydrogens is 417 g/mol. The van der Waals surface area contributed by atoms with Crippen LogP contribution < -0.4 is 14.8 Å². The third kappa shape index (κ3) is 3.85. The minimum Gasteiger partial charge on any atom is -0.493 e. The lowest BCUT2D eigenvalue weighted by molar-refractivity contribution is 0.356. The highest BCUT2D eigenvalue weighted by Gasteiger charge is 2.14. The molecule has 1 N–H and O–H groups in total. The van der Waals surface area contributed by atoms with Crippen LogP contribution in [0.15, 0.2) is 35.3 Å². The van der Waals surface area contributed by atoms with Crippen LogP contribution in [0.5, 0.6) is 11.5 Å². The van der Waals surface area contributed by atoms with E-state index in [1.807, 2.05) is 12.1 Å². The van der Waals surface area contributed by atoms with Gasteiger partial charge in [-0.3, -0.25) is 4.99 Å². The lowest BCUT2D eigenvalue weighted by Crippen LogP contribution is -2.37. The van der Waals surface area contributed by atoms with Gasteiger partial charge in [-0.25, -0.2) is 0 Å². The maximum Gasteiger partial charge on any atom is 0.194 e. The van der Waals surface area contributed by atoms with Crippen molar-refractivity contribution in [1.29, 1.82) is 0 Å². The maximum atomic E-state index is 5.39. The Morgan fingerprint density at radius 1 is 1.08 bits per heavy atom. The lowest BCUT2D eigenvalue weighted by Gasteiger charge is -2.19. The number of guanidine groups is 1. The number of halogens is 1. The second-order valence-electron chi connectivity index (χ2n) is 5.53. The number of nitrogens with zero attached hydrogens (tertiary/aromatic N) is 2. The number of nitrogens with one attached hydrogen (secondary N) is 1. The fraction of sp³-hybridized carbons (Fsp3) is 0.389. The fourth-order valence-corrected chi connectivity index (χ4v) is 2.87. The molecule has 0 saturated carbocycles. The van der Waals surface area contributed by atoms with E-state index in [0.717, 1.165) is 54.4 Å². The normalized spacial score (nSPS) is 13.5. The third-order valence-electron chi connectivity index (χ3n) is 4.17. The van der Waals surface area contributed by atoms with E-state index in [9.17, 15) is 0 Å². The molecule has 5 nitrogen and oxygen atoms in total. The van der Waals surface area contributed by atoms with Crippen molar-refractivity contribution in [3.63, 3.8) is 0 Å². The summed E-state index contributed by atoms with van der Waals surface area (Å²) in [5.41, 5.74) is 1.22. The van der Waals surface area contributed by atoms with E-state index in [1.54, 1.807) is 14.2 Å². The molecule has 3 rings (SSSR count). The highest BCUT2D eigenvalue weighted by molar-refractivity contribution is 14.0. The van der Waals surface area contributed by atoms with Crippen molar-refractivity contribution in [3.8, 4) is 11.5 Å². The van der Waals surface area contributed by atoms with Gasteiger partial charge in [0, 0.05) is 19.6 Å². The number of ether oxygens (including phenoxy) is 2. The van der Waals surface area contributed by atoms with Crippen LogP contribution in [0.1, 0.15) is 12.5 Å². The summed E-state index contributed by atoms with van der Waals surface area (Å²) in [7, 11) is 3.32. The molecule has 0 atom stereocenters. The van der Waals surface area contributed by atoms with Gasteiger partial charge in [-0.15, -0.1) is 24.0 Å². The second-order valence-corrected chi connectivity index (χ2v) is 5.53. The summed E-state index contributed by atoms with van der Waals surface area (Å²) >= 11 is 0. The molecule has 0 aliphatic carbocycles. The lowest BCUT2D eigenvalue weighted by atomic mass is 10.1. The van der Waals surface area contributed by atoms with Gasteiger partial charge in [0.1, 0.15) is 0 Å². The van der Waals surface area contributed by atoms with E-state index in [-0.39, 0.29) is 24.0 Å². The Bertz CT molecular complexity index is 734. The van der Waals surface area contributed by atoms with Crippen molar-refractivity contribution < 1.29 is 9.47 Å². The zero-order valence-corrected chi connectivity index (χ0v) is 16.7. The molecule has 6 heteroatoms. The Morgan fingerprint density at radius 2 is 1.79 bits per heavy atom. The molecule has 0 aromatic heterocycles. The predicted molar refractivity (Wildman–Crippen MR) is 109 cm³/mol. The first-order valence-electron chi connectivity index (χ1n) is 7.93. The molecule has 0 amide bonds. The largest absolute Gasteiger partial charge is 0.493 e. The summed E-state index contributed by atoms with van der Waals surface area (Å²) < 4.78 is 10.7. The minimum absolute atomic E-state index is 0. The Kier molecular flexibility index (Phi) is 6.53. The van der Waals surface area contributed by atoms with Gasteiger partial charge in [0.2, 0.25) is 0 Å². The van der Waals surface area contributed by atoms with Crippen LogP contribution in [0, 0.1) is 0 Å². The molecule has 24 heavy (non-hydrogen) atoms. The highest BCUT2D eigenvalue weighted by Crippen LogP contribution is 2.32. The summed E-state index contributed by atoms with van der Waals surface area (Å²) in [5, 5.41) is 5.71. The molecule has 1 aliphatic heterocycles. The Labute approximate surface area is 160 Å². The van der Waals surface area contributed by atoms with Gasteiger partial charge in [0.25, 0.3) is 0 Å². The van der Waals surface area contributed by atoms with E-state index in [2.05, 4.69) is 40.3 Å². The van der Waals surface area contributed by atoms with Gasteiger partial charge in [0.05, 0.1) is 20.8 Å². The van der Waals surface area contributed by atoms with Gasteiger partial charge in [-0.2, -0.15) is 0 Å². The SMILES string of the molecule is CCN1CCN=C1NCc1ccc2cc(OC)c(OC)cc2c1.I. The number of benzene rings is 2. The van der Waals surface area contributed by atoms with Crippen LogP contribution in [0.3, 0.4) is 0 Å². The van der Waals surface area contributed by atoms with E-state index < -0.39 is 0 Å². The molecule has 1 heterocycles. The first kappa shape index (κ1) is 18.6. The molecule has 1 aliphatic rings. The summed E-state index contributed by atoms with van der Waals surface area (Å²) in [6.07, 6.45) is 0. The molecule has 0 unspecified atom stereocenters. The van der Waals surface area contributed by atoms with E-state index >= 15 is 0 Å². The average Bonchev–Trinajstić information content (AvgIpc) is 3.06. The summed E-state index contributed by atoms with van der Waals surface area (Å²) in [5.74, 6) is 2.51. The van der Waals surface area contributed by atoms with E-state index in [1.165, 1.54) is 5.56 Å². The molecular formula is C18H24IN3O2. The predicted octanol–water partition coefficient (Wildman–Crippen LogP) is 3.26. The fourth-order valence-electron chi connectivity index (χ4n) is 2.87. The molecule has 2 aromatic carbocycles. The molecule has 0 spiro atoms. The molecule has 130 valence electrons. The zero-order chi connectivity index (χ0) is 16.2. The van der Waals surface area contributed by atoms with Crippen molar-refractivity contribution in [2.75, 3.05) is 33.9 Å². The molecule has 0 fully saturated rings. The van der Waals surface area contributed by atoms with Crippen LogP contribution in [-0.2, 0) is 6.54 Å². The van der Waals surface area contributed by atoms with Crippen molar-refractivity contribution in [3.05, 3.63) is 35.9 Å². The smallest absolute Gasteiger partial charge is 0.194 e. The second kappa shape index (κ2) is 8.41. The van der Waals surface area contributed by atoms with E-state index in [4.69, 9.17) is 9.47 Å². The number of likely N-dealkylation sites (N-methyl/N-ethyl adjacent to an activating group) is 1. The highest BCUT2D eigenvalue weighted by atomic mass is 127. The van der Waals surface area contributed by atoms with Gasteiger partial charge < -0.3 is 19.7 Å². The molecule has 0 radical (unpaired) electrons. The van der Waals surface area contributed by atoms with Crippen molar-refractivity contribution in [1.82, 2.24) is 10.2 Å². The van der Waals surface area contributed by atoms with Crippen molar-refractivity contribution in [2.24, 2.45) is 4.99 Å². The van der Waals surface area contributed by atoms with Crippen LogP contribution in [0.25, 0.3) is 10.8 Å². The Balaban J connectivity index is 0.00000208. The Hall–Kier alpha value is -1.70. The standard InChI is InChI=1S/C18H23N3O2.HI/c1-4-21-8-7-19-18(21)20-12-13-5-6-14-10-16(22-2)17(23-3)11-15(14)9-13;/h5-6,9-11H,4,7-8,12H2,1-3H3,(H,19,20);1H. The minimum atomic E-state index is 0. The number of rotatable bonds is 5. The number of fused-ring (bicyclic) bond motifs is 1. The zero-order valence-electron chi connectivity index (χ0n) is 14.3. The quantitative estimate of drug-likeness (QED) is 0.724. The number of methoxy groups -OCH3 is 2. The van der Waals surface area contributed by atoms with E-state index in [0.29, 0.717) is 0 Å². The van der Waals surface area contributed by atoms with Gasteiger partial charge in [-0.05, 0) is 41.5 Å². The summed E-state index contributed by atoms with van der Waals surface area (Å²) in [6, 6.07) is 10.4. The van der Waals surface area contributed by atoms with Gasteiger partial charge in [-0.1, -0.05) is 12.1 Å². The molecule has 0 saturated heterocycles. The van der Waals surface area contributed by atoms with Crippen molar-refractivity contribution in [2.45, 2.75) is 13.5 Å². The number of hydrogen-bond donors (Lipinski definition) is 1.